The third kappa shape index (κ3) is 3.84. The molecule has 140 valence electrons. The van der Waals surface area contributed by atoms with Crippen molar-refractivity contribution in [2.45, 2.75) is 19.9 Å². The Kier molecular flexibility index (Phi) is 5.82. The fourth-order valence-corrected chi connectivity index (χ4v) is 4.27. The summed E-state index contributed by atoms with van der Waals surface area (Å²) in [6.45, 7) is 3.84. The standard InChI is InChI=1S/C21H21ClN2O2S/c1-13-19(27-20(23-13)16-10-5-7-11-17(16)22)21(25)24(3)14(2)15-9-6-8-12-18(15)26-4/h5-12,14H,1-4H3/t14-/m1/s1. The van der Waals surface area contributed by atoms with Crippen molar-refractivity contribution in [1.82, 2.24) is 9.88 Å². The molecule has 1 heterocycles. The van der Waals surface area contributed by atoms with Gasteiger partial charge in [0.25, 0.3) is 5.91 Å². The lowest BCUT2D eigenvalue weighted by atomic mass is 10.1. The molecule has 0 spiro atoms. The zero-order valence-corrected chi connectivity index (χ0v) is 17.3. The molecule has 4 nitrogen and oxygen atoms in total. The maximum Gasteiger partial charge on any atom is 0.266 e. The summed E-state index contributed by atoms with van der Waals surface area (Å²) in [5.41, 5.74) is 2.51. The number of rotatable bonds is 5. The van der Waals surface area contributed by atoms with Crippen molar-refractivity contribution >= 4 is 28.8 Å². The van der Waals surface area contributed by atoms with E-state index in [4.69, 9.17) is 16.3 Å². The van der Waals surface area contributed by atoms with Gasteiger partial charge >= 0.3 is 0 Å². The normalized spacial score (nSPS) is 11.9. The van der Waals surface area contributed by atoms with Crippen molar-refractivity contribution in [2.24, 2.45) is 0 Å². The lowest BCUT2D eigenvalue weighted by Gasteiger charge is -2.26. The van der Waals surface area contributed by atoms with Crippen LogP contribution < -0.4 is 4.74 Å². The largest absolute Gasteiger partial charge is 0.496 e. The number of aryl methyl sites for hydroxylation is 1. The first-order chi connectivity index (χ1) is 12.9. The van der Waals surface area contributed by atoms with Crippen molar-refractivity contribution in [3.8, 4) is 16.3 Å². The summed E-state index contributed by atoms with van der Waals surface area (Å²) in [6, 6.07) is 15.1. The molecule has 1 atom stereocenters. The Morgan fingerprint density at radius 1 is 1.19 bits per heavy atom. The van der Waals surface area contributed by atoms with Crippen LogP contribution in [-0.4, -0.2) is 29.9 Å². The van der Waals surface area contributed by atoms with Gasteiger partial charge in [0, 0.05) is 18.2 Å². The highest BCUT2D eigenvalue weighted by molar-refractivity contribution is 7.17. The topological polar surface area (TPSA) is 42.4 Å². The van der Waals surface area contributed by atoms with Crippen LogP contribution in [0.4, 0.5) is 0 Å². The number of halogens is 1. The van der Waals surface area contributed by atoms with Crippen molar-refractivity contribution < 1.29 is 9.53 Å². The summed E-state index contributed by atoms with van der Waals surface area (Å²) in [5, 5.41) is 1.38. The van der Waals surface area contributed by atoms with Gasteiger partial charge in [-0.15, -0.1) is 11.3 Å². The molecule has 1 amide bonds. The lowest BCUT2D eigenvalue weighted by Crippen LogP contribution is -2.29. The second-order valence-electron chi connectivity index (χ2n) is 6.25. The van der Waals surface area contributed by atoms with E-state index < -0.39 is 0 Å². The minimum absolute atomic E-state index is 0.0679. The van der Waals surface area contributed by atoms with Crippen molar-refractivity contribution in [1.29, 1.82) is 0 Å². The zero-order chi connectivity index (χ0) is 19.6. The molecule has 0 saturated carbocycles. The van der Waals surface area contributed by atoms with Gasteiger partial charge in [-0.1, -0.05) is 48.0 Å². The van der Waals surface area contributed by atoms with Gasteiger partial charge in [-0.05, 0) is 26.0 Å². The SMILES string of the molecule is COc1ccccc1[C@@H](C)N(C)C(=O)c1sc(-c2ccccc2Cl)nc1C. The summed E-state index contributed by atoms with van der Waals surface area (Å²) >= 11 is 7.65. The minimum atomic E-state index is -0.140. The molecule has 0 bridgehead atoms. The second kappa shape index (κ2) is 8.11. The summed E-state index contributed by atoms with van der Waals surface area (Å²) in [6.07, 6.45) is 0. The molecule has 0 radical (unpaired) electrons. The Labute approximate surface area is 168 Å². The Balaban J connectivity index is 1.91. The van der Waals surface area contributed by atoms with Gasteiger partial charge in [0.2, 0.25) is 0 Å². The average molecular weight is 401 g/mol. The number of carbonyl (C=O) groups excluding carboxylic acids is 1. The molecule has 3 rings (SSSR count). The van der Waals surface area contributed by atoms with E-state index in [0.29, 0.717) is 15.6 Å². The first-order valence-electron chi connectivity index (χ1n) is 8.56. The quantitative estimate of drug-likeness (QED) is 0.558. The Bertz CT molecular complexity index is 970. The van der Waals surface area contributed by atoms with Gasteiger partial charge in [0.1, 0.15) is 15.6 Å². The minimum Gasteiger partial charge on any atom is -0.496 e. The van der Waals surface area contributed by atoms with Gasteiger partial charge in [-0.2, -0.15) is 0 Å². The number of benzene rings is 2. The van der Waals surface area contributed by atoms with Crippen LogP contribution in [-0.2, 0) is 0 Å². The van der Waals surface area contributed by atoms with E-state index >= 15 is 0 Å². The number of methoxy groups -OCH3 is 1. The highest BCUT2D eigenvalue weighted by Gasteiger charge is 2.25. The molecular formula is C21H21ClN2O2S. The van der Waals surface area contributed by atoms with Gasteiger partial charge in [0.15, 0.2) is 0 Å². The first kappa shape index (κ1) is 19.4. The number of para-hydroxylation sites is 1. The first-order valence-corrected chi connectivity index (χ1v) is 9.76. The summed E-state index contributed by atoms with van der Waals surface area (Å²) in [5.74, 6) is 0.698. The average Bonchev–Trinajstić information content (AvgIpc) is 3.07. The third-order valence-corrected chi connectivity index (χ3v) is 6.09. The van der Waals surface area contributed by atoms with Crippen LogP contribution in [0, 0.1) is 6.92 Å². The Hall–Kier alpha value is -2.37. The van der Waals surface area contributed by atoms with E-state index in [1.807, 2.05) is 62.4 Å². The fourth-order valence-electron chi connectivity index (χ4n) is 2.90. The molecule has 0 aliphatic rings. The van der Waals surface area contributed by atoms with Gasteiger partial charge in [-0.3, -0.25) is 4.79 Å². The van der Waals surface area contributed by atoms with E-state index in [2.05, 4.69) is 4.98 Å². The van der Waals surface area contributed by atoms with E-state index in [0.717, 1.165) is 21.9 Å². The second-order valence-corrected chi connectivity index (χ2v) is 7.65. The van der Waals surface area contributed by atoms with E-state index in [1.165, 1.54) is 11.3 Å². The van der Waals surface area contributed by atoms with Gasteiger partial charge in [-0.25, -0.2) is 4.98 Å². The lowest BCUT2D eigenvalue weighted by molar-refractivity contribution is 0.0745. The zero-order valence-electron chi connectivity index (χ0n) is 15.7. The number of aromatic nitrogens is 1. The number of ether oxygens (including phenoxy) is 1. The van der Waals surface area contributed by atoms with E-state index in [1.54, 1.807) is 19.1 Å². The van der Waals surface area contributed by atoms with Gasteiger partial charge < -0.3 is 9.64 Å². The highest BCUT2D eigenvalue weighted by Crippen LogP contribution is 2.35. The maximum atomic E-state index is 13.1. The predicted molar refractivity (Wildman–Crippen MR) is 111 cm³/mol. The Morgan fingerprint density at radius 3 is 2.56 bits per heavy atom. The Morgan fingerprint density at radius 2 is 1.85 bits per heavy atom. The van der Waals surface area contributed by atoms with Crippen molar-refractivity contribution in [3.63, 3.8) is 0 Å². The molecule has 0 fully saturated rings. The molecule has 27 heavy (non-hydrogen) atoms. The van der Waals surface area contributed by atoms with Crippen molar-refractivity contribution in [2.75, 3.05) is 14.2 Å². The number of thiazole rings is 1. The van der Waals surface area contributed by atoms with E-state index in [9.17, 15) is 4.79 Å². The monoisotopic (exact) mass is 400 g/mol. The summed E-state index contributed by atoms with van der Waals surface area (Å²) in [7, 11) is 3.43. The van der Waals surface area contributed by atoms with Crippen LogP contribution in [0.3, 0.4) is 0 Å². The number of hydrogen-bond acceptors (Lipinski definition) is 4. The number of carbonyl (C=O) groups is 1. The molecule has 1 aromatic heterocycles. The predicted octanol–water partition coefficient (Wildman–Crippen LogP) is 5.61. The van der Waals surface area contributed by atoms with Crippen LogP contribution in [0.5, 0.6) is 5.75 Å². The fraction of sp³-hybridized carbons (Fsp3) is 0.238. The number of nitrogens with zero attached hydrogens (tertiary/aromatic N) is 2. The molecule has 0 unspecified atom stereocenters. The van der Waals surface area contributed by atoms with Gasteiger partial charge in [0.05, 0.1) is 23.9 Å². The number of amides is 1. The summed E-state index contributed by atoms with van der Waals surface area (Å²) < 4.78 is 5.44. The molecular weight excluding hydrogens is 380 g/mol. The van der Waals surface area contributed by atoms with Crippen LogP contribution in [0.2, 0.25) is 5.02 Å². The molecule has 0 aliphatic carbocycles. The van der Waals surface area contributed by atoms with Crippen LogP contribution >= 0.6 is 22.9 Å². The maximum absolute atomic E-state index is 13.1. The molecule has 0 aliphatic heterocycles. The van der Waals surface area contributed by atoms with Crippen LogP contribution in [0.1, 0.15) is 33.9 Å². The van der Waals surface area contributed by atoms with E-state index in [-0.39, 0.29) is 11.9 Å². The summed E-state index contributed by atoms with van der Waals surface area (Å²) in [4.78, 5) is 20.0. The third-order valence-electron chi connectivity index (χ3n) is 4.59. The van der Waals surface area contributed by atoms with Crippen LogP contribution in [0.25, 0.3) is 10.6 Å². The number of hydrogen-bond donors (Lipinski definition) is 0. The van der Waals surface area contributed by atoms with Crippen molar-refractivity contribution in [3.05, 3.63) is 69.7 Å². The highest BCUT2D eigenvalue weighted by atomic mass is 35.5. The molecule has 6 heteroatoms. The molecule has 2 aromatic carbocycles. The smallest absolute Gasteiger partial charge is 0.266 e. The molecule has 3 aromatic rings. The molecule has 0 N–H and O–H groups in total. The van der Waals surface area contributed by atoms with Crippen LogP contribution in [0.15, 0.2) is 48.5 Å². The molecule has 0 saturated heterocycles.